The third-order valence-electron chi connectivity index (χ3n) is 1.10. The van der Waals surface area contributed by atoms with Crippen LogP contribution in [0, 0.1) is 0 Å². The summed E-state index contributed by atoms with van der Waals surface area (Å²) < 4.78 is 19.9. The summed E-state index contributed by atoms with van der Waals surface area (Å²) in [6.07, 6.45) is 0. The minimum atomic E-state index is -3.96. The van der Waals surface area contributed by atoms with Gasteiger partial charge >= 0.3 is 15.2 Å². The van der Waals surface area contributed by atoms with Crippen molar-refractivity contribution in [3.8, 4) is 0 Å². The Kier molecular flexibility index (Phi) is 10.8. The van der Waals surface area contributed by atoms with E-state index in [4.69, 9.17) is 25.3 Å². The van der Waals surface area contributed by atoms with Crippen LogP contribution in [0.4, 0.5) is 0 Å². The molecule has 8 nitrogen and oxygen atoms in total. The molecule has 0 spiro atoms. The molecule has 0 aliphatic heterocycles. The average molecular weight is 287 g/mol. The van der Waals surface area contributed by atoms with E-state index >= 15 is 0 Å². The van der Waals surface area contributed by atoms with E-state index in [9.17, 15) is 9.13 Å². The molecule has 9 N–H and O–H groups in total. The van der Waals surface area contributed by atoms with Crippen molar-refractivity contribution in [2.75, 3.05) is 0 Å². The Morgan fingerprint density at radius 3 is 1.20 bits per heavy atom. The van der Waals surface area contributed by atoms with Crippen molar-refractivity contribution < 1.29 is 46.8 Å². The summed E-state index contributed by atoms with van der Waals surface area (Å²) >= 11 is 0. The molecule has 2 unspecified atom stereocenters. The summed E-state index contributed by atoms with van der Waals surface area (Å²) in [6, 6.07) is 0. The maximum Gasteiger partial charge on any atom is 0.381 e. The monoisotopic (exact) mass is 286 g/mol. The van der Waals surface area contributed by atoms with Crippen LogP contribution < -0.4 is 23.9 Å². The Labute approximate surface area is 93.8 Å². The number of hydrogen-bond donors (Lipinski definition) is 6. The van der Waals surface area contributed by atoms with Gasteiger partial charge in [0.25, 0.3) is 0 Å². The van der Waals surface area contributed by atoms with Crippen molar-refractivity contribution in [1.82, 2.24) is 0 Å². The molecule has 0 fully saturated rings. The van der Waals surface area contributed by atoms with Gasteiger partial charge in [0.1, 0.15) is 5.78 Å². The molecule has 0 bridgehead atoms. The summed E-state index contributed by atoms with van der Waals surface area (Å²) in [5.74, 6) is -1.82. The molecule has 0 aromatic carbocycles. The second kappa shape index (κ2) is 7.73. The van der Waals surface area contributed by atoms with Crippen LogP contribution in [0.2, 0.25) is 0 Å². The molecule has 0 radical (unpaired) electrons. The van der Waals surface area contributed by atoms with Crippen LogP contribution in [0.25, 0.3) is 0 Å². The smallest absolute Gasteiger partial charge is 0.381 e. The van der Waals surface area contributed by atoms with Crippen LogP contribution in [0.3, 0.4) is 0 Å². The Morgan fingerprint density at radius 2 is 1.20 bits per heavy atom. The van der Waals surface area contributed by atoms with Crippen molar-refractivity contribution in [1.29, 1.82) is 0 Å². The van der Waals surface area contributed by atoms with Crippen molar-refractivity contribution in [3.05, 3.63) is 0 Å². The lowest BCUT2D eigenvalue weighted by atomic mass is 10.8. The standard InChI is InChI=1S/2C2H8NO3P.ClH/c2*1-2(3)7(4,5)6;/h2*2H,3H2,1H3,(H2,4,5,6);1H. The molecule has 0 aliphatic rings. The lowest BCUT2D eigenvalue weighted by Gasteiger charge is -2.04. The minimum Gasteiger partial charge on any atom is -1.00 e. The largest absolute Gasteiger partial charge is 1.00 e. The van der Waals surface area contributed by atoms with Crippen LogP contribution in [0.15, 0.2) is 0 Å². The third kappa shape index (κ3) is 14.5. The summed E-state index contributed by atoms with van der Waals surface area (Å²) in [5.41, 5.74) is 7.95. The van der Waals surface area contributed by atoms with Gasteiger partial charge in [-0.15, -0.1) is 0 Å². The first-order valence-electron chi connectivity index (χ1n) is 3.58. The van der Waals surface area contributed by atoms with Crippen LogP contribution in [-0.4, -0.2) is 31.1 Å². The third-order valence-corrected chi connectivity index (χ3v) is 3.31. The summed E-state index contributed by atoms with van der Waals surface area (Å²) in [4.78, 5) is 32.4. The highest BCUT2D eigenvalue weighted by Crippen LogP contribution is 2.37. The number of nitrogens with two attached hydrogens (primary N) is 1. The van der Waals surface area contributed by atoms with E-state index < -0.39 is 26.8 Å². The SMILES string of the molecule is CC(N)P(=O)(O)O.CC([NH3+])P(=O)(O)O.[Cl-]. The van der Waals surface area contributed by atoms with Crippen molar-refractivity contribution >= 4 is 15.2 Å². The fourth-order valence-corrected chi connectivity index (χ4v) is 0. The summed E-state index contributed by atoms with van der Waals surface area (Å²) in [7, 11) is -7.81. The van der Waals surface area contributed by atoms with E-state index in [0.717, 1.165) is 0 Å². The fourth-order valence-electron chi connectivity index (χ4n) is 0. The molecule has 0 rings (SSSR count). The van der Waals surface area contributed by atoms with E-state index in [0.29, 0.717) is 0 Å². The molecular formula is C4H17ClN2O6P2. The van der Waals surface area contributed by atoms with Crippen LogP contribution >= 0.6 is 15.2 Å². The number of hydrogen-bond acceptors (Lipinski definition) is 3. The number of halogens is 1. The highest BCUT2D eigenvalue weighted by atomic mass is 35.5. The van der Waals surface area contributed by atoms with Crippen LogP contribution in [0.1, 0.15) is 13.8 Å². The first-order chi connectivity index (χ1) is 5.89. The second-order valence-corrected chi connectivity index (χ2v) is 6.82. The van der Waals surface area contributed by atoms with Crippen molar-refractivity contribution in [2.24, 2.45) is 5.73 Å². The first kappa shape index (κ1) is 20.9. The number of rotatable bonds is 2. The maximum absolute atomic E-state index is 9.96. The molecular weight excluding hydrogens is 269 g/mol. The van der Waals surface area contributed by atoms with Gasteiger partial charge in [-0.05, 0) is 13.8 Å². The van der Waals surface area contributed by atoms with E-state index in [1.807, 2.05) is 0 Å². The van der Waals surface area contributed by atoms with Gasteiger partial charge in [0.15, 0.2) is 5.78 Å². The molecule has 0 saturated heterocycles. The lowest BCUT2D eigenvalue weighted by molar-refractivity contribution is -0.387. The van der Waals surface area contributed by atoms with Gasteiger partial charge in [-0.3, -0.25) is 9.13 Å². The fraction of sp³-hybridized carbons (Fsp3) is 1.00. The molecule has 11 heteroatoms. The van der Waals surface area contributed by atoms with E-state index in [2.05, 4.69) is 5.73 Å². The summed E-state index contributed by atoms with van der Waals surface area (Å²) in [5, 5.41) is 0. The predicted octanol–water partition coefficient (Wildman–Crippen LogP) is -4.78. The molecule has 2 atom stereocenters. The van der Waals surface area contributed by atoms with E-state index in [-0.39, 0.29) is 12.4 Å². The second-order valence-electron chi connectivity index (χ2n) is 2.77. The molecule has 0 aromatic heterocycles. The predicted molar refractivity (Wildman–Crippen MR) is 50.1 cm³/mol. The van der Waals surface area contributed by atoms with Gasteiger partial charge in [0.2, 0.25) is 0 Å². The number of quaternary nitrogens is 1. The highest BCUT2D eigenvalue weighted by molar-refractivity contribution is 7.52. The molecule has 0 heterocycles. The lowest BCUT2D eigenvalue weighted by Crippen LogP contribution is -3.00. The normalized spacial score (nSPS) is 15.5. The van der Waals surface area contributed by atoms with E-state index in [1.165, 1.54) is 13.8 Å². The zero-order valence-electron chi connectivity index (χ0n) is 8.32. The van der Waals surface area contributed by atoms with Gasteiger partial charge in [0.05, 0.1) is 0 Å². The zero-order valence-corrected chi connectivity index (χ0v) is 10.9. The molecule has 0 saturated carbocycles. The van der Waals surface area contributed by atoms with Gasteiger partial charge < -0.3 is 43.4 Å². The van der Waals surface area contributed by atoms with Crippen LogP contribution in [-0.2, 0) is 9.13 Å². The maximum atomic E-state index is 9.96. The Morgan fingerprint density at radius 1 is 1.07 bits per heavy atom. The molecule has 0 aliphatic carbocycles. The van der Waals surface area contributed by atoms with E-state index in [1.54, 1.807) is 0 Å². The summed E-state index contributed by atoms with van der Waals surface area (Å²) in [6.45, 7) is 2.64. The molecule has 15 heavy (non-hydrogen) atoms. The Balaban J connectivity index is -0.000000180. The van der Waals surface area contributed by atoms with Gasteiger partial charge in [-0.1, -0.05) is 0 Å². The Bertz CT molecular complexity index is 222. The molecule has 96 valence electrons. The van der Waals surface area contributed by atoms with Crippen LogP contribution in [0.5, 0.6) is 0 Å². The van der Waals surface area contributed by atoms with Gasteiger partial charge in [-0.2, -0.15) is 0 Å². The Hall–Kier alpha value is 0.510. The molecule has 0 aromatic rings. The van der Waals surface area contributed by atoms with Crippen molar-refractivity contribution in [3.63, 3.8) is 0 Å². The molecule has 0 amide bonds. The zero-order chi connectivity index (χ0) is 12.2. The average Bonchev–Trinajstić information content (AvgIpc) is 1.83. The first-order valence-corrected chi connectivity index (χ1v) is 6.94. The minimum absolute atomic E-state index is 0. The van der Waals surface area contributed by atoms with Gasteiger partial charge in [0, 0.05) is 0 Å². The van der Waals surface area contributed by atoms with Gasteiger partial charge in [-0.25, -0.2) is 0 Å². The quantitative estimate of drug-likeness (QED) is 0.277. The highest BCUT2D eigenvalue weighted by Gasteiger charge is 2.22. The topological polar surface area (TPSA) is 169 Å². The van der Waals surface area contributed by atoms with Crippen molar-refractivity contribution in [2.45, 2.75) is 25.4 Å².